The number of thiophene rings is 2. The van der Waals surface area contributed by atoms with Gasteiger partial charge in [-0.25, -0.2) is 4.79 Å². The Morgan fingerprint density at radius 3 is 2.59 bits per heavy atom. The second kappa shape index (κ2) is 11.2. The number of esters is 1. The summed E-state index contributed by atoms with van der Waals surface area (Å²) in [6.07, 6.45) is 4.67. The molecular weight excluding hydrogens is 525 g/mol. The predicted octanol–water partition coefficient (Wildman–Crippen LogP) is 6.71. The lowest BCUT2D eigenvalue weighted by Gasteiger charge is -2.16. The van der Waals surface area contributed by atoms with Gasteiger partial charge in [0.15, 0.2) is 11.0 Å². The van der Waals surface area contributed by atoms with Crippen LogP contribution in [-0.2, 0) is 22.4 Å². The summed E-state index contributed by atoms with van der Waals surface area (Å²) in [5, 5.41) is 17.2. The fourth-order valence-corrected chi connectivity index (χ4v) is 7.55. The van der Waals surface area contributed by atoms with Gasteiger partial charge in [-0.3, -0.25) is 9.36 Å². The van der Waals surface area contributed by atoms with Crippen molar-refractivity contribution in [3.63, 3.8) is 0 Å². The first kappa shape index (κ1) is 25.7. The molecule has 7 nitrogen and oxygen atoms in total. The molecule has 3 heterocycles. The van der Waals surface area contributed by atoms with E-state index < -0.39 is 5.97 Å². The van der Waals surface area contributed by atoms with E-state index in [9.17, 15) is 9.59 Å². The van der Waals surface area contributed by atoms with Crippen LogP contribution >= 0.6 is 34.4 Å². The number of anilines is 1. The van der Waals surface area contributed by atoms with E-state index in [1.807, 2.05) is 47.0 Å². The summed E-state index contributed by atoms with van der Waals surface area (Å²) >= 11 is 4.48. The Bertz CT molecular complexity index is 1420. The van der Waals surface area contributed by atoms with Crippen LogP contribution < -0.4 is 5.32 Å². The largest absolute Gasteiger partial charge is 0.465 e. The topological polar surface area (TPSA) is 86.1 Å². The molecule has 4 aromatic rings. The molecule has 0 unspecified atom stereocenters. The van der Waals surface area contributed by atoms with Crippen LogP contribution in [0.5, 0.6) is 0 Å². The Labute approximate surface area is 228 Å². The van der Waals surface area contributed by atoms with E-state index >= 15 is 0 Å². The summed E-state index contributed by atoms with van der Waals surface area (Å²) in [7, 11) is 1.34. The molecule has 1 aromatic carbocycles. The van der Waals surface area contributed by atoms with Crippen LogP contribution in [0.15, 0.2) is 46.2 Å². The fraction of sp³-hybridized carbons (Fsp3) is 0.333. The molecule has 1 amide bonds. The second-order valence-corrected chi connectivity index (χ2v) is 11.9. The number of aromatic nitrogens is 3. The maximum Gasteiger partial charge on any atom is 0.341 e. The van der Waals surface area contributed by atoms with E-state index in [-0.39, 0.29) is 17.7 Å². The molecule has 5 rings (SSSR count). The summed E-state index contributed by atoms with van der Waals surface area (Å²) in [6, 6.07) is 9.74. The Kier molecular flexibility index (Phi) is 7.78. The fourth-order valence-electron chi connectivity index (χ4n) is 4.58. The number of carbonyl (C=O) groups excluding carboxylic acids is 2. The molecular formula is C27H28N4O3S3. The number of hydrogen-bond donors (Lipinski definition) is 1. The number of nitrogens with one attached hydrogen (secondary N) is 1. The zero-order valence-electron chi connectivity index (χ0n) is 20.9. The van der Waals surface area contributed by atoms with Gasteiger partial charge in [0.05, 0.1) is 12.9 Å². The monoisotopic (exact) mass is 552 g/mol. The van der Waals surface area contributed by atoms with Crippen molar-refractivity contribution in [3.8, 4) is 22.5 Å². The van der Waals surface area contributed by atoms with Gasteiger partial charge in [0.2, 0.25) is 5.91 Å². The van der Waals surface area contributed by atoms with Crippen LogP contribution in [-0.4, -0.2) is 39.5 Å². The first-order valence-electron chi connectivity index (χ1n) is 12.2. The number of fused-ring (bicyclic) bond motifs is 1. The van der Waals surface area contributed by atoms with Crippen molar-refractivity contribution < 1.29 is 14.3 Å². The SMILES string of the molecule is COC(=O)c1c(-c2ccccc2)csc1NC(=O)CSc1nnc(-c2csc3c2CCCC3)n1C(C)C. The molecule has 1 aliphatic carbocycles. The molecule has 1 N–H and O–H groups in total. The van der Waals surface area contributed by atoms with Crippen LogP contribution in [0.2, 0.25) is 0 Å². The lowest BCUT2D eigenvalue weighted by Crippen LogP contribution is -2.16. The number of thioether (sulfide) groups is 1. The highest BCUT2D eigenvalue weighted by Gasteiger charge is 2.25. The van der Waals surface area contributed by atoms with Crippen LogP contribution in [0, 0.1) is 0 Å². The van der Waals surface area contributed by atoms with Crippen molar-refractivity contribution in [2.75, 3.05) is 18.2 Å². The summed E-state index contributed by atoms with van der Waals surface area (Å²) in [5.74, 6) is 0.318. The average molecular weight is 553 g/mol. The molecule has 0 radical (unpaired) electrons. The van der Waals surface area contributed by atoms with Crippen LogP contribution in [0.25, 0.3) is 22.5 Å². The van der Waals surface area contributed by atoms with Gasteiger partial charge in [0, 0.05) is 32.8 Å². The predicted molar refractivity (Wildman–Crippen MR) is 151 cm³/mol. The third-order valence-corrected chi connectivity index (χ3v) is 9.26. The van der Waals surface area contributed by atoms with Gasteiger partial charge in [0.1, 0.15) is 10.6 Å². The number of ether oxygens (including phenoxy) is 1. The summed E-state index contributed by atoms with van der Waals surface area (Å²) in [4.78, 5) is 27.0. The molecule has 0 aliphatic heterocycles. The molecule has 37 heavy (non-hydrogen) atoms. The number of rotatable bonds is 8. The van der Waals surface area contributed by atoms with E-state index in [0.29, 0.717) is 15.7 Å². The Morgan fingerprint density at radius 1 is 1.08 bits per heavy atom. The maximum atomic E-state index is 13.0. The van der Waals surface area contributed by atoms with Crippen molar-refractivity contribution in [3.05, 3.63) is 57.1 Å². The molecule has 0 fully saturated rings. The second-order valence-electron chi connectivity index (χ2n) is 9.08. The molecule has 3 aromatic heterocycles. The third-order valence-electron chi connectivity index (χ3n) is 6.33. The van der Waals surface area contributed by atoms with Crippen molar-refractivity contribution in [1.29, 1.82) is 0 Å². The van der Waals surface area contributed by atoms with Gasteiger partial charge in [-0.2, -0.15) is 0 Å². The van der Waals surface area contributed by atoms with E-state index in [4.69, 9.17) is 4.74 Å². The van der Waals surface area contributed by atoms with E-state index in [2.05, 4.69) is 39.3 Å². The quantitative estimate of drug-likeness (QED) is 0.193. The van der Waals surface area contributed by atoms with Gasteiger partial charge in [-0.1, -0.05) is 42.1 Å². The van der Waals surface area contributed by atoms with E-state index in [0.717, 1.165) is 29.8 Å². The van der Waals surface area contributed by atoms with Gasteiger partial charge < -0.3 is 10.1 Å². The smallest absolute Gasteiger partial charge is 0.341 e. The highest BCUT2D eigenvalue weighted by molar-refractivity contribution is 7.99. The Morgan fingerprint density at radius 2 is 1.84 bits per heavy atom. The molecule has 1 aliphatic rings. The average Bonchev–Trinajstić information content (AvgIpc) is 3.64. The van der Waals surface area contributed by atoms with E-state index in [1.54, 1.807) is 0 Å². The Balaban J connectivity index is 1.34. The lowest BCUT2D eigenvalue weighted by atomic mass is 9.95. The van der Waals surface area contributed by atoms with Crippen LogP contribution in [0.3, 0.4) is 0 Å². The van der Waals surface area contributed by atoms with Gasteiger partial charge in [0.25, 0.3) is 0 Å². The normalized spacial score (nSPS) is 13.0. The third kappa shape index (κ3) is 5.23. The number of aryl methyl sites for hydroxylation is 1. The molecule has 192 valence electrons. The molecule has 10 heteroatoms. The lowest BCUT2D eigenvalue weighted by molar-refractivity contribution is -0.113. The van der Waals surface area contributed by atoms with Crippen molar-refractivity contribution >= 4 is 51.3 Å². The van der Waals surface area contributed by atoms with E-state index in [1.165, 1.54) is 59.1 Å². The van der Waals surface area contributed by atoms with Crippen LogP contribution in [0.1, 0.15) is 53.5 Å². The number of hydrogen-bond acceptors (Lipinski definition) is 8. The highest BCUT2D eigenvalue weighted by atomic mass is 32.2. The molecule has 0 bridgehead atoms. The minimum Gasteiger partial charge on any atom is -0.465 e. The maximum absolute atomic E-state index is 13.0. The summed E-state index contributed by atoms with van der Waals surface area (Å²) in [5.41, 5.74) is 4.58. The van der Waals surface area contributed by atoms with Crippen molar-refractivity contribution in [2.24, 2.45) is 0 Å². The zero-order chi connectivity index (χ0) is 25.9. The molecule has 0 spiro atoms. The first-order valence-corrected chi connectivity index (χ1v) is 14.9. The Hall–Kier alpha value is -2.95. The van der Waals surface area contributed by atoms with Crippen LogP contribution in [0.4, 0.5) is 5.00 Å². The summed E-state index contributed by atoms with van der Waals surface area (Å²) in [6.45, 7) is 4.21. The minimum atomic E-state index is -0.480. The van der Waals surface area contributed by atoms with Gasteiger partial charge >= 0.3 is 5.97 Å². The summed E-state index contributed by atoms with van der Waals surface area (Å²) < 4.78 is 7.14. The molecule has 0 saturated heterocycles. The number of methoxy groups -OCH3 is 1. The highest BCUT2D eigenvalue weighted by Crippen LogP contribution is 2.39. The number of carbonyl (C=O) groups is 2. The van der Waals surface area contributed by atoms with Crippen molar-refractivity contribution in [1.82, 2.24) is 14.8 Å². The zero-order valence-corrected chi connectivity index (χ0v) is 23.4. The minimum absolute atomic E-state index is 0.145. The first-order chi connectivity index (χ1) is 18.0. The molecule has 0 saturated carbocycles. The van der Waals surface area contributed by atoms with Crippen molar-refractivity contribution in [2.45, 2.75) is 50.7 Å². The number of nitrogens with zero attached hydrogens (tertiary/aromatic N) is 3. The standard InChI is InChI=1S/C27H28N4O3S3/c1-16(2)31-24(20-14-35-21-12-8-7-11-18(20)21)29-30-27(31)37-15-22(32)28-25-23(26(33)34-3)19(13-36-25)17-9-5-4-6-10-17/h4-6,9-10,13-14,16H,7-8,11-12,15H2,1-3H3,(H,28,32). The number of amides is 1. The van der Waals surface area contributed by atoms with Gasteiger partial charge in [-0.15, -0.1) is 32.9 Å². The number of benzene rings is 1. The molecule has 0 atom stereocenters. The van der Waals surface area contributed by atoms with Gasteiger partial charge in [-0.05, 0) is 50.7 Å².